The van der Waals surface area contributed by atoms with E-state index in [1.165, 1.54) is 24.8 Å². The van der Waals surface area contributed by atoms with Crippen molar-refractivity contribution in [3.05, 3.63) is 11.6 Å². The molecule has 114 valence electrons. The number of ether oxygens (including phenoxy) is 1. The molecule has 1 saturated heterocycles. The Morgan fingerprint density at radius 3 is 2.80 bits per heavy atom. The highest BCUT2D eigenvalue weighted by Crippen LogP contribution is 2.65. The van der Waals surface area contributed by atoms with E-state index in [1.807, 2.05) is 0 Å². The molecule has 2 aliphatic carbocycles. The number of fused-ring (bicyclic) bond motifs is 1. The molecule has 0 radical (unpaired) electrons. The van der Waals surface area contributed by atoms with Crippen LogP contribution in [0.5, 0.6) is 0 Å². The van der Waals surface area contributed by atoms with Crippen molar-refractivity contribution in [3.63, 3.8) is 0 Å². The maximum atomic E-state index is 10.7. The fourth-order valence-electron chi connectivity index (χ4n) is 5.08. The van der Waals surface area contributed by atoms with Gasteiger partial charge in [0.05, 0.1) is 17.3 Å². The number of aliphatic hydroxyl groups is 1. The van der Waals surface area contributed by atoms with Gasteiger partial charge in [-0.2, -0.15) is 0 Å². The molecule has 0 aromatic rings. The summed E-state index contributed by atoms with van der Waals surface area (Å²) >= 11 is 0. The van der Waals surface area contributed by atoms with E-state index < -0.39 is 0 Å². The topological polar surface area (TPSA) is 29.5 Å². The fourth-order valence-corrected chi connectivity index (χ4v) is 5.08. The number of allylic oxidation sites excluding steroid dienone is 1. The van der Waals surface area contributed by atoms with Crippen LogP contribution >= 0.6 is 0 Å². The van der Waals surface area contributed by atoms with Crippen LogP contribution in [0.4, 0.5) is 0 Å². The average Bonchev–Trinajstić information content (AvgIpc) is 2.59. The summed E-state index contributed by atoms with van der Waals surface area (Å²) < 4.78 is 6.72. The molecule has 0 amide bonds. The third-order valence-corrected chi connectivity index (χ3v) is 6.42. The van der Waals surface area contributed by atoms with E-state index in [9.17, 15) is 5.11 Å². The predicted molar refractivity (Wildman–Crippen MR) is 81.6 cm³/mol. The van der Waals surface area contributed by atoms with Crippen molar-refractivity contribution in [2.75, 3.05) is 0 Å². The van der Waals surface area contributed by atoms with Crippen LogP contribution < -0.4 is 0 Å². The van der Waals surface area contributed by atoms with Gasteiger partial charge in [0.2, 0.25) is 0 Å². The van der Waals surface area contributed by atoms with E-state index in [0.29, 0.717) is 5.92 Å². The zero-order valence-electron chi connectivity index (χ0n) is 13.5. The number of hydrogen-bond acceptors (Lipinski definition) is 2. The molecule has 1 aliphatic heterocycles. The average molecular weight is 278 g/mol. The lowest BCUT2D eigenvalue weighted by molar-refractivity contribution is -0.139. The summed E-state index contributed by atoms with van der Waals surface area (Å²) in [7, 11) is 0. The van der Waals surface area contributed by atoms with Crippen LogP contribution in [0.15, 0.2) is 11.6 Å². The summed E-state index contributed by atoms with van der Waals surface area (Å²) in [6, 6.07) is 0. The maximum Gasteiger partial charge on any atom is 0.0980 e. The lowest BCUT2D eigenvalue weighted by atomic mass is 9.54. The van der Waals surface area contributed by atoms with Gasteiger partial charge in [-0.1, -0.05) is 26.3 Å². The van der Waals surface area contributed by atoms with Crippen LogP contribution in [0.1, 0.15) is 72.6 Å². The quantitative estimate of drug-likeness (QED) is 0.783. The van der Waals surface area contributed by atoms with Gasteiger partial charge in [-0.15, -0.1) is 0 Å². The molecule has 2 unspecified atom stereocenters. The predicted octanol–water partition coefficient (Wildman–Crippen LogP) is 4.22. The van der Waals surface area contributed by atoms with Gasteiger partial charge in [0.15, 0.2) is 0 Å². The van der Waals surface area contributed by atoms with Crippen molar-refractivity contribution < 1.29 is 9.84 Å². The highest BCUT2D eigenvalue weighted by molar-refractivity contribution is 5.33. The molecule has 3 aliphatic rings. The van der Waals surface area contributed by atoms with Crippen LogP contribution in [-0.4, -0.2) is 22.4 Å². The first-order chi connectivity index (χ1) is 9.35. The summed E-state index contributed by atoms with van der Waals surface area (Å²) in [5, 5.41) is 10.7. The SMILES string of the molecule is CCC[C@@H](O)C1=CCCC2(C)CCC3C[C@]12OC3(C)C. The van der Waals surface area contributed by atoms with Crippen LogP contribution in [0.3, 0.4) is 0 Å². The molecule has 2 fully saturated rings. The van der Waals surface area contributed by atoms with Gasteiger partial charge < -0.3 is 9.84 Å². The van der Waals surface area contributed by atoms with Gasteiger partial charge in [-0.05, 0) is 63.9 Å². The Bertz CT molecular complexity index is 425. The molecular weight excluding hydrogens is 248 g/mol. The Hall–Kier alpha value is -0.340. The van der Waals surface area contributed by atoms with Crippen LogP contribution in [-0.2, 0) is 4.74 Å². The Labute approximate surface area is 123 Å². The van der Waals surface area contributed by atoms with Crippen molar-refractivity contribution in [2.45, 2.75) is 89.9 Å². The highest BCUT2D eigenvalue weighted by Gasteiger charge is 2.65. The zero-order chi connectivity index (χ0) is 14.6. The summed E-state index contributed by atoms with van der Waals surface area (Å²) in [5.74, 6) is 0.644. The first-order valence-corrected chi connectivity index (χ1v) is 8.43. The molecule has 1 N–H and O–H groups in total. The van der Waals surface area contributed by atoms with Gasteiger partial charge in [0.1, 0.15) is 0 Å². The van der Waals surface area contributed by atoms with Gasteiger partial charge in [-0.3, -0.25) is 0 Å². The summed E-state index contributed by atoms with van der Waals surface area (Å²) in [6.07, 6.45) is 9.82. The monoisotopic (exact) mass is 278 g/mol. The lowest BCUT2D eigenvalue weighted by Crippen LogP contribution is -2.54. The Morgan fingerprint density at radius 1 is 1.35 bits per heavy atom. The van der Waals surface area contributed by atoms with E-state index in [0.717, 1.165) is 25.7 Å². The second-order valence-corrected chi connectivity index (χ2v) is 8.04. The molecule has 2 nitrogen and oxygen atoms in total. The minimum absolute atomic E-state index is 0.0415. The molecule has 1 saturated carbocycles. The van der Waals surface area contributed by atoms with Crippen LogP contribution in [0.25, 0.3) is 0 Å². The van der Waals surface area contributed by atoms with Gasteiger partial charge in [-0.25, -0.2) is 0 Å². The molecular formula is C18H30O2. The number of hydrogen-bond donors (Lipinski definition) is 1. The first kappa shape index (κ1) is 14.6. The van der Waals surface area contributed by atoms with E-state index >= 15 is 0 Å². The highest BCUT2D eigenvalue weighted by atomic mass is 16.5. The van der Waals surface area contributed by atoms with Crippen molar-refractivity contribution in [2.24, 2.45) is 11.3 Å². The number of aliphatic hydroxyl groups excluding tert-OH is 1. The maximum absolute atomic E-state index is 10.7. The minimum atomic E-state index is -0.313. The second kappa shape index (κ2) is 4.58. The van der Waals surface area contributed by atoms with Gasteiger partial charge >= 0.3 is 0 Å². The molecule has 1 heterocycles. The summed E-state index contributed by atoms with van der Waals surface area (Å²) in [5.41, 5.74) is 1.20. The van der Waals surface area contributed by atoms with Crippen molar-refractivity contribution in [3.8, 4) is 0 Å². The molecule has 4 atom stereocenters. The summed E-state index contributed by atoms with van der Waals surface area (Å²) in [4.78, 5) is 0. The lowest BCUT2D eigenvalue weighted by Gasteiger charge is -2.53. The molecule has 2 heteroatoms. The molecule has 0 aromatic heterocycles. The normalized spacial score (nSPS) is 43.9. The third kappa shape index (κ3) is 1.84. The third-order valence-electron chi connectivity index (χ3n) is 6.42. The molecule has 3 rings (SSSR count). The molecule has 20 heavy (non-hydrogen) atoms. The zero-order valence-corrected chi connectivity index (χ0v) is 13.5. The van der Waals surface area contributed by atoms with Gasteiger partial charge in [0.25, 0.3) is 0 Å². The van der Waals surface area contributed by atoms with Crippen molar-refractivity contribution in [1.82, 2.24) is 0 Å². The standard InChI is InChI=1S/C18H30O2/c1-5-7-15(19)14-8-6-10-17(4)11-9-13-12-18(14,17)20-16(13,2)3/h8,13,15,19H,5-7,9-12H2,1-4H3/t13?,15-,17?,18+/m1/s1. The summed E-state index contributed by atoms with van der Waals surface area (Å²) in [6.45, 7) is 9.04. The number of rotatable bonds is 3. The molecule has 1 spiro atoms. The first-order valence-electron chi connectivity index (χ1n) is 8.43. The Balaban J connectivity index is 2.03. The molecule has 2 bridgehead atoms. The fraction of sp³-hybridized carbons (Fsp3) is 0.889. The molecule has 0 aromatic carbocycles. The Kier molecular flexibility index (Phi) is 3.34. The van der Waals surface area contributed by atoms with E-state index in [-0.39, 0.29) is 22.7 Å². The van der Waals surface area contributed by atoms with Gasteiger partial charge in [0, 0.05) is 5.41 Å². The van der Waals surface area contributed by atoms with Crippen LogP contribution in [0, 0.1) is 11.3 Å². The minimum Gasteiger partial charge on any atom is -0.389 e. The van der Waals surface area contributed by atoms with E-state index in [2.05, 4.69) is 33.8 Å². The smallest absolute Gasteiger partial charge is 0.0980 e. The van der Waals surface area contributed by atoms with Crippen LogP contribution in [0.2, 0.25) is 0 Å². The van der Waals surface area contributed by atoms with Crippen molar-refractivity contribution in [1.29, 1.82) is 0 Å². The van der Waals surface area contributed by atoms with Crippen molar-refractivity contribution >= 4 is 0 Å². The van der Waals surface area contributed by atoms with E-state index in [4.69, 9.17) is 4.74 Å². The second-order valence-electron chi connectivity index (χ2n) is 8.04. The van der Waals surface area contributed by atoms with E-state index in [1.54, 1.807) is 0 Å². The largest absolute Gasteiger partial charge is 0.389 e. The Morgan fingerprint density at radius 2 is 2.10 bits per heavy atom.